The molecule has 5 nitrogen and oxygen atoms in total. The molecule has 0 radical (unpaired) electrons. The number of nitrogens with one attached hydrogen (secondary N) is 1. The first-order valence-corrected chi connectivity index (χ1v) is 9.64. The van der Waals surface area contributed by atoms with Crippen LogP contribution in [0.15, 0.2) is 0 Å². The van der Waals surface area contributed by atoms with E-state index in [-0.39, 0.29) is 6.10 Å². The molecule has 1 saturated heterocycles. The van der Waals surface area contributed by atoms with Gasteiger partial charge in [-0.25, -0.2) is 12.7 Å². The third-order valence-electron chi connectivity index (χ3n) is 4.57. The summed E-state index contributed by atoms with van der Waals surface area (Å²) >= 11 is 0. The van der Waals surface area contributed by atoms with Gasteiger partial charge in [0.15, 0.2) is 0 Å². The molecule has 0 aromatic rings. The number of rotatable bonds is 5. The lowest BCUT2D eigenvalue weighted by molar-refractivity contribution is 0.0999. The molecule has 1 aliphatic carbocycles. The van der Waals surface area contributed by atoms with Gasteiger partial charge in [-0.15, -0.1) is 0 Å². The van der Waals surface area contributed by atoms with Crippen molar-refractivity contribution in [1.29, 1.82) is 0 Å². The minimum absolute atomic E-state index is 0.119. The molecule has 118 valence electrons. The number of nitrogens with zero attached hydrogens (tertiary/aromatic N) is 1. The lowest BCUT2D eigenvalue weighted by Gasteiger charge is -2.32. The Kier molecular flexibility index (Phi) is 5.84. The van der Waals surface area contributed by atoms with Gasteiger partial charge < -0.3 is 10.4 Å². The average molecular weight is 304 g/mol. The van der Waals surface area contributed by atoms with Crippen molar-refractivity contribution in [3.05, 3.63) is 0 Å². The van der Waals surface area contributed by atoms with Crippen molar-refractivity contribution in [2.75, 3.05) is 32.4 Å². The quantitative estimate of drug-likeness (QED) is 0.788. The van der Waals surface area contributed by atoms with Crippen LogP contribution in [0.4, 0.5) is 0 Å². The van der Waals surface area contributed by atoms with Crippen LogP contribution in [0.1, 0.15) is 38.5 Å². The average Bonchev–Trinajstić information content (AvgIpc) is 2.38. The summed E-state index contributed by atoms with van der Waals surface area (Å²) in [4.78, 5) is 0. The van der Waals surface area contributed by atoms with Gasteiger partial charge in [0.1, 0.15) is 0 Å². The molecule has 0 aromatic heterocycles. The normalized spacial score (nSPS) is 33.2. The monoisotopic (exact) mass is 304 g/mol. The maximum Gasteiger partial charge on any atom is 0.211 e. The molecule has 0 aromatic carbocycles. The Bertz CT molecular complexity index is 399. The second-order valence-corrected chi connectivity index (χ2v) is 8.46. The lowest BCUT2D eigenvalue weighted by Crippen LogP contribution is -2.43. The molecule has 3 atom stereocenters. The smallest absolute Gasteiger partial charge is 0.211 e. The molecule has 3 unspecified atom stereocenters. The number of aliphatic hydroxyl groups excluding tert-OH is 1. The van der Waals surface area contributed by atoms with Crippen LogP contribution in [0.3, 0.4) is 0 Å². The molecule has 1 aliphatic heterocycles. The molecule has 2 aliphatic rings. The topological polar surface area (TPSA) is 69.6 Å². The van der Waals surface area contributed by atoms with E-state index < -0.39 is 10.0 Å². The van der Waals surface area contributed by atoms with Crippen molar-refractivity contribution >= 4 is 10.0 Å². The Labute approximate surface area is 122 Å². The highest BCUT2D eigenvalue weighted by molar-refractivity contribution is 7.88. The van der Waals surface area contributed by atoms with Gasteiger partial charge >= 0.3 is 0 Å². The van der Waals surface area contributed by atoms with Gasteiger partial charge in [0.05, 0.1) is 12.4 Å². The van der Waals surface area contributed by atoms with Crippen LogP contribution in [-0.2, 0) is 10.0 Å². The van der Waals surface area contributed by atoms with Crippen LogP contribution in [-0.4, -0.2) is 56.4 Å². The summed E-state index contributed by atoms with van der Waals surface area (Å²) in [7, 11) is -3.04. The van der Waals surface area contributed by atoms with E-state index in [1.807, 2.05) is 0 Å². The van der Waals surface area contributed by atoms with Gasteiger partial charge in [-0.1, -0.05) is 6.42 Å². The Balaban J connectivity index is 1.68. The van der Waals surface area contributed by atoms with Crippen molar-refractivity contribution in [2.45, 2.75) is 44.6 Å². The fourth-order valence-corrected chi connectivity index (χ4v) is 4.38. The van der Waals surface area contributed by atoms with Gasteiger partial charge in [0.2, 0.25) is 10.0 Å². The molecule has 20 heavy (non-hydrogen) atoms. The van der Waals surface area contributed by atoms with Gasteiger partial charge in [-0.05, 0) is 57.0 Å². The Morgan fingerprint density at radius 1 is 1.15 bits per heavy atom. The van der Waals surface area contributed by atoms with E-state index in [0.717, 1.165) is 45.2 Å². The number of piperidine rings is 1. The van der Waals surface area contributed by atoms with E-state index >= 15 is 0 Å². The fraction of sp³-hybridized carbons (Fsp3) is 1.00. The summed E-state index contributed by atoms with van der Waals surface area (Å²) in [5, 5.41) is 13.1. The second-order valence-electron chi connectivity index (χ2n) is 6.47. The summed E-state index contributed by atoms with van der Waals surface area (Å²) in [5.41, 5.74) is 0. The summed E-state index contributed by atoms with van der Waals surface area (Å²) < 4.78 is 24.7. The van der Waals surface area contributed by atoms with Crippen molar-refractivity contribution in [3.8, 4) is 0 Å². The largest absolute Gasteiger partial charge is 0.393 e. The zero-order valence-corrected chi connectivity index (χ0v) is 13.2. The molecule has 2 N–H and O–H groups in total. The van der Waals surface area contributed by atoms with Crippen LogP contribution in [0, 0.1) is 11.8 Å². The third kappa shape index (κ3) is 4.98. The van der Waals surface area contributed by atoms with E-state index in [1.165, 1.54) is 12.7 Å². The fourth-order valence-electron chi connectivity index (χ4n) is 3.43. The molecular weight excluding hydrogens is 276 g/mol. The van der Waals surface area contributed by atoms with Crippen LogP contribution in [0.5, 0.6) is 0 Å². The number of hydrogen-bond donors (Lipinski definition) is 2. The maximum absolute atomic E-state index is 11.6. The van der Waals surface area contributed by atoms with Crippen molar-refractivity contribution in [1.82, 2.24) is 9.62 Å². The molecule has 6 heteroatoms. The van der Waals surface area contributed by atoms with Gasteiger partial charge in [-0.3, -0.25) is 0 Å². The lowest BCUT2D eigenvalue weighted by atomic mass is 9.87. The molecule has 1 saturated carbocycles. The molecular formula is C14H28N2O3S. The standard InChI is InChI=1S/C14H28N2O3S/c1-20(18,19)16-7-3-5-13(11-16)10-15-9-12-4-2-6-14(17)8-12/h12-15,17H,2-11H2,1H3. The molecule has 2 rings (SSSR count). The van der Waals surface area contributed by atoms with Gasteiger partial charge in [-0.2, -0.15) is 0 Å². The molecule has 1 heterocycles. The van der Waals surface area contributed by atoms with E-state index in [4.69, 9.17) is 0 Å². The minimum Gasteiger partial charge on any atom is -0.393 e. The highest BCUT2D eigenvalue weighted by atomic mass is 32.2. The summed E-state index contributed by atoms with van der Waals surface area (Å²) in [6.45, 7) is 3.16. The molecule has 0 spiro atoms. The third-order valence-corrected chi connectivity index (χ3v) is 5.84. The maximum atomic E-state index is 11.6. The first-order valence-electron chi connectivity index (χ1n) is 7.79. The first kappa shape index (κ1) is 16.2. The van der Waals surface area contributed by atoms with Gasteiger partial charge in [0, 0.05) is 13.1 Å². The predicted octanol–water partition coefficient (Wildman–Crippen LogP) is 0.799. The van der Waals surface area contributed by atoms with Crippen LogP contribution < -0.4 is 5.32 Å². The van der Waals surface area contributed by atoms with E-state index in [0.29, 0.717) is 24.9 Å². The van der Waals surface area contributed by atoms with Crippen molar-refractivity contribution < 1.29 is 13.5 Å². The Hall–Kier alpha value is -0.170. The van der Waals surface area contributed by atoms with E-state index in [9.17, 15) is 13.5 Å². The van der Waals surface area contributed by atoms with Crippen molar-refractivity contribution in [2.24, 2.45) is 11.8 Å². The van der Waals surface area contributed by atoms with E-state index in [2.05, 4.69) is 5.32 Å². The summed E-state index contributed by atoms with van der Waals surface area (Å²) in [5.74, 6) is 1.00. The SMILES string of the molecule is CS(=O)(=O)N1CCCC(CNCC2CCCC(O)C2)C1. The first-order chi connectivity index (χ1) is 9.45. The van der Waals surface area contributed by atoms with Crippen LogP contribution >= 0.6 is 0 Å². The number of aliphatic hydroxyl groups is 1. The minimum atomic E-state index is -3.04. The van der Waals surface area contributed by atoms with Crippen LogP contribution in [0.2, 0.25) is 0 Å². The van der Waals surface area contributed by atoms with E-state index in [1.54, 1.807) is 4.31 Å². The highest BCUT2D eigenvalue weighted by Gasteiger charge is 2.26. The zero-order valence-electron chi connectivity index (χ0n) is 12.4. The summed E-state index contributed by atoms with van der Waals surface area (Å²) in [6.07, 6.45) is 7.42. The molecule has 0 bridgehead atoms. The molecule has 0 amide bonds. The zero-order chi connectivity index (χ0) is 14.6. The highest BCUT2D eigenvalue weighted by Crippen LogP contribution is 2.24. The van der Waals surface area contributed by atoms with Gasteiger partial charge in [0.25, 0.3) is 0 Å². The molecule has 2 fully saturated rings. The Morgan fingerprint density at radius 2 is 1.85 bits per heavy atom. The number of hydrogen-bond acceptors (Lipinski definition) is 4. The Morgan fingerprint density at radius 3 is 2.55 bits per heavy atom. The predicted molar refractivity (Wildman–Crippen MR) is 80.0 cm³/mol. The van der Waals surface area contributed by atoms with Crippen LogP contribution in [0.25, 0.3) is 0 Å². The van der Waals surface area contributed by atoms with Crippen molar-refractivity contribution in [3.63, 3.8) is 0 Å². The second kappa shape index (κ2) is 7.20. The number of sulfonamides is 1. The summed E-state index contributed by atoms with van der Waals surface area (Å²) in [6, 6.07) is 0.